The summed E-state index contributed by atoms with van der Waals surface area (Å²) >= 11 is 13.5. The first-order valence-corrected chi connectivity index (χ1v) is 12.0. The summed E-state index contributed by atoms with van der Waals surface area (Å²) in [6.45, 7) is 0. The van der Waals surface area contributed by atoms with Crippen LogP contribution in [-0.4, -0.2) is 22.7 Å². The number of halogens is 2. The van der Waals surface area contributed by atoms with E-state index in [1.54, 1.807) is 42.5 Å². The van der Waals surface area contributed by atoms with Crippen molar-refractivity contribution in [3.63, 3.8) is 0 Å². The smallest absolute Gasteiger partial charge is 0.352 e. The van der Waals surface area contributed by atoms with Crippen molar-refractivity contribution < 1.29 is 13.3 Å². The summed E-state index contributed by atoms with van der Waals surface area (Å²) in [6.07, 6.45) is 1.35. The average molecular weight is 494 g/mol. The molecule has 0 spiro atoms. The number of hydrogen-bond acceptors (Lipinski definition) is 6. The number of nitrogens with zero attached hydrogens (tertiary/aromatic N) is 3. The van der Waals surface area contributed by atoms with Crippen molar-refractivity contribution in [2.75, 3.05) is 0 Å². The molecule has 0 bridgehead atoms. The van der Waals surface area contributed by atoms with E-state index < -0.39 is 26.3 Å². The summed E-state index contributed by atoms with van der Waals surface area (Å²) in [6, 6.07) is 16.4. The lowest BCUT2D eigenvalue weighted by Gasteiger charge is -2.03. The number of sulfone groups is 1. The van der Waals surface area contributed by atoms with Crippen LogP contribution in [0.3, 0.4) is 0 Å². The van der Waals surface area contributed by atoms with Crippen molar-refractivity contribution >= 4 is 56.3 Å². The molecule has 2 aromatic heterocycles. The molecule has 7 nitrogen and oxygen atoms in total. The summed E-state index contributed by atoms with van der Waals surface area (Å²) in [7, 11) is -3.84. The van der Waals surface area contributed by atoms with E-state index in [1.165, 1.54) is 34.5 Å². The molecule has 2 heterocycles. The van der Waals surface area contributed by atoms with Gasteiger partial charge in [-0.25, -0.2) is 13.4 Å². The summed E-state index contributed by atoms with van der Waals surface area (Å²) in [5.41, 5.74) is 0.0726. The van der Waals surface area contributed by atoms with E-state index in [9.17, 15) is 18.5 Å². The fraction of sp³-hybridized carbons (Fsp3) is 0.0500. The molecule has 0 atom stereocenters. The van der Waals surface area contributed by atoms with Crippen LogP contribution in [0, 0.1) is 10.1 Å². The van der Waals surface area contributed by atoms with Crippen molar-refractivity contribution in [1.29, 1.82) is 0 Å². The molecule has 0 unspecified atom stereocenters. The predicted octanol–water partition coefficient (Wildman–Crippen LogP) is 5.67. The maximum absolute atomic E-state index is 12.8. The van der Waals surface area contributed by atoms with E-state index >= 15 is 0 Å². The number of rotatable bonds is 6. The second-order valence-electron chi connectivity index (χ2n) is 6.49. The predicted molar refractivity (Wildman–Crippen MR) is 120 cm³/mol. The van der Waals surface area contributed by atoms with Crippen LogP contribution in [0.1, 0.15) is 5.69 Å². The molecule has 0 saturated carbocycles. The van der Waals surface area contributed by atoms with E-state index in [1.807, 2.05) is 6.07 Å². The number of fused-ring (bicyclic) bond motifs is 1. The third-order valence-electron chi connectivity index (χ3n) is 4.32. The standard InChI is InChI=1S/C20H13Cl2N3O4S2/c21-13-5-4-6-15(9-13)30-18-10-14(22)11-24-19(18)23-17(20(24)25(26)27)12-31(28,29)16-7-2-1-3-8-16/h1-11H,12H2. The van der Waals surface area contributed by atoms with Crippen molar-refractivity contribution in [2.24, 2.45) is 0 Å². The zero-order valence-electron chi connectivity index (χ0n) is 15.6. The zero-order valence-corrected chi connectivity index (χ0v) is 18.7. The van der Waals surface area contributed by atoms with Gasteiger partial charge >= 0.3 is 5.82 Å². The summed E-state index contributed by atoms with van der Waals surface area (Å²) < 4.78 is 26.8. The molecule has 0 fully saturated rings. The van der Waals surface area contributed by atoms with Gasteiger partial charge in [-0.2, -0.15) is 4.40 Å². The topological polar surface area (TPSA) is 94.6 Å². The first-order valence-electron chi connectivity index (χ1n) is 8.81. The van der Waals surface area contributed by atoms with Gasteiger partial charge in [-0.3, -0.25) is 0 Å². The van der Waals surface area contributed by atoms with Gasteiger partial charge in [0.2, 0.25) is 5.65 Å². The maximum Gasteiger partial charge on any atom is 0.352 e. The highest BCUT2D eigenvalue weighted by Crippen LogP contribution is 2.36. The Hall–Kier alpha value is -2.59. The molecule has 0 N–H and O–H groups in total. The molecule has 4 aromatic rings. The van der Waals surface area contributed by atoms with Crippen LogP contribution in [0.2, 0.25) is 10.0 Å². The Morgan fingerprint density at radius 1 is 1.03 bits per heavy atom. The Labute approximate surface area is 191 Å². The molecule has 0 radical (unpaired) electrons. The second kappa shape index (κ2) is 8.51. The number of pyridine rings is 1. The molecular weight excluding hydrogens is 481 g/mol. The number of benzene rings is 2. The van der Waals surface area contributed by atoms with Crippen LogP contribution in [0.15, 0.2) is 81.5 Å². The van der Waals surface area contributed by atoms with Gasteiger partial charge in [-0.05, 0) is 41.3 Å². The van der Waals surface area contributed by atoms with Gasteiger partial charge in [-0.1, -0.05) is 59.2 Å². The fourth-order valence-corrected chi connectivity index (χ4v) is 5.86. The molecule has 0 amide bonds. The van der Waals surface area contributed by atoms with Gasteiger partial charge < -0.3 is 10.1 Å². The lowest BCUT2D eigenvalue weighted by atomic mass is 10.4. The van der Waals surface area contributed by atoms with Crippen molar-refractivity contribution in [3.05, 3.63) is 92.7 Å². The fourth-order valence-electron chi connectivity index (χ4n) is 3.03. The van der Waals surface area contributed by atoms with Crippen molar-refractivity contribution in [2.45, 2.75) is 20.4 Å². The monoisotopic (exact) mass is 493 g/mol. The van der Waals surface area contributed by atoms with Crippen molar-refractivity contribution in [3.8, 4) is 0 Å². The number of nitro groups is 1. The Balaban J connectivity index is 1.85. The number of hydrogen-bond donors (Lipinski definition) is 0. The Kier molecular flexibility index (Phi) is 5.94. The minimum atomic E-state index is -3.84. The normalized spacial score (nSPS) is 11.7. The van der Waals surface area contributed by atoms with Crippen LogP contribution < -0.4 is 0 Å². The summed E-state index contributed by atoms with van der Waals surface area (Å²) in [4.78, 5) is 16.9. The van der Waals surface area contributed by atoms with Crippen LogP contribution in [0.4, 0.5) is 5.82 Å². The maximum atomic E-state index is 12.8. The van der Waals surface area contributed by atoms with E-state index in [2.05, 4.69) is 4.98 Å². The second-order valence-corrected chi connectivity index (χ2v) is 10.5. The summed E-state index contributed by atoms with van der Waals surface area (Å²) in [5.74, 6) is -1.06. The van der Waals surface area contributed by atoms with E-state index in [0.29, 0.717) is 9.92 Å². The highest BCUT2D eigenvalue weighted by molar-refractivity contribution is 7.99. The van der Waals surface area contributed by atoms with Crippen LogP contribution in [0.25, 0.3) is 5.65 Å². The highest BCUT2D eigenvalue weighted by Gasteiger charge is 2.29. The molecule has 158 valence electrons. The van der Waals surface area contributed by atoms with Gasteiger partial charge in [0, 0.05) is 9.92 Å². The zero-order chi connectivity index (χ0) is 22.2. The third-order valence-corrected chi connectivity index (χ3v) is 7.42. The van der Waals surface area contributed by atoms with Gasteiger partial charge in [0.25, 0.3) is 0 Å². The van der Waals surface area contributed by atoms with E-state index in [0.717, 1.165) is 4.90 Å². The molecule has 2 aromatic carbocycles. The van der Waals surface area contributed by atoms with Crippen LogP contribution >= 0.6 is 35.0 Å². The lowest BCUT2D eigenvalue weighted by molar-refractivity contribution is -0.391. The van der Waals surface area contributed by atoms with E-state index in [-0.39, 0.29) is 21.3 Å². The minimum Gasteiger partial charge on any atom is -0.358 e. The molecule has 0 aliphatic carbocycles. The molecule has 0 aliphatic rings. The van der Waals surface area contributed by atoms with Crippen LogP contribution in [0.5, 0.6) is 0 Å². The molecule has 4 rings (SSSR count). The Morgan fingerprint density at radius 3 is 2.45 bits per heavy atom. The third kappa shape index (κ3) is 4.54. The SMILES string of the molecule is O=[N+]([O-])c1c(CS(=O)(=O)c2ccccc2)nc2c(Sc3cccc(Cl)c3)cc(Cl)cn12. The molecule has 0 saturated heterocycles. The highest BCUT2D eigenvalue weighted by atomic mass is 35.5. The quantitative estimate of drug-likeness (QED) is 0.253. The van der Waals surface area contributed by atoms with Crippen LogP contribution in [-0.2, 0) is 15.6 Å². The molecular formula is C20H13Cl2N3O4S2. The molecule has 31 heavy (non-hydrogen) atoms. The van der Waals surface area contributed by atoms with Gasteiger partial charge in [0.05, 0.1) is 14.8 Å². The summed E-state index contributed by atoms with van der Waals surface area (Å²) in [5, 5.41) is 12.6. The van der Waals surface area contributed by atoms with Gasteiger partial charge in [0.1, 0.15) is 11.9 Å². The van der Waals surface area contributed by atoms with Crippen molar-refractivity contribution in [1.82, 2.24) is 9.38 Å². The average Bonchev–Trinajstić information content (AvgIpc) is 3.06. The lowest BCUT2D eigenvalue weighted by Crippen LogP contribution is -2.07. The van der Waals surface area contributed by atoms with Gasteiger partial charge in [-0.15, -0.1) is 0 Å². The largest absolute Gasteiger partial charge is 0.358 e. The van der Waals surface area contributed by atoms with Gasteiger partial charge in [0.15, 0.2) is 15.5 Å². The first-order chi connectivity index (χ1) is 14.7. The number of aromatic nitrogens is 2. The minimum absolute atomic E-state index is 0.0629. The molecule has 11 heteroatoms. The van der Waals surface area contributed by atoms with E-state index in [4.69, 9.17) is 23.2 Å². The number of imidazole rings is 1. The first kappa shape index (κ1) is 21.6. The Bertz CT molecular complexity index is 1410. The molecule has 0 aliphatic heterocycles. The Morgan fingerprint density at radius 2 is 1.77 bits per heavy atom.